The van der Waals surface area contributed by atoms with Crippen LogP contribution in [0.3, 0.4) is 0 Å². The molecule has 38 heavy (non-hydrogen) atoms. The number of amides is 2. The number of ether oxygens (including phenoxy) is 1. The first-order valence-electron chi connectivity index (χ1n) is 13.4. The number of carboxylic acids is 1. The van der Waals surface area contributed by atoms with Crippen molar-refractivity contribution in [2.45, 2.75) is 97.9 Å². The molecule has 1 saturated heterocycles. The fourth-order valence-corrected chi connectivity index (χ4v) is 5.67. The van der Waals surface area contributed by atoms with E-state index in [-0.39, 0.29) is 41.8 Å². The Balaban J connectivity index is 2.29. The lowest BCUT2D eigenvalue weighted by molar-refractivity contribution is -0.149. The summed E-state index contributed by atoms with van der Waals surface area (Å²) in [6, 6.07) is -1.08. The summed E-state index contributed by atoms with van der Waals surface area (Å²) in [7, 11) is 1.70. The van der Waals surface area contributed by atoms with Crippen LogP contribution in [0.5, 0.6) is 0 Å². The summed E-state index contributed by atoms with van der Waals surface area (Å²) in [4.78, 5) is 58.5. The second kappa shape index (κ2) is 13.5. The van der Waals surface area contributed by atoms with Gasteiger partial charge in [-0.1, -0.05) is 34.1 Å². The van der Waals surface area contributed by atoms with Gasteiger partial charge in [0.2, 0.25) is 11.8 Å². The Labute approximate surface area is 230 Å². The van der Waals surface area contributed by atoms with E-state index in [9.17, 15) is 24.3 Å². The van der Waals surface area contributed by atoms with Crippen LogP contribution in [0, 0.1) is 11.8 Å². The molecule has 2 N–H and O–H groups in total. The molecule has 2 rings (SSSR count). The SMILES string of the molecule is CC[C@H](C)[C@H](NC(=O)C(C)(C)N1CCCC1)C(=O)N(C)C(C[C@@H](OC(C)=O)c1nc(C(=O)O)cs1)C(C)C. The Bertz CT molecular complexity index is 988. The summed E-state index contributed by atoms with van der Waals surface area (Å²) in [6.45, 7) is 14.7. The number of thiazole rings is 1. The summed E-state index contributed by atoms with van der Waals surface area (Å²) < 4.78 is 5.54. The van der Waals surface area contributed by atoms with E-state index < -0.39 is 29.6 Å². The number of hydrogen-bond donors (Lipinski definition) is 2. The van der Waals surface area contributed by atoms with Gasteiger partial charge in [0.05, 0.1) is 5.54 Å². The molecular weight excluding hydrogens is 508 g/mol. The van der Waals surface area contributed by atoms with E-state index in [1.807, 2.05) is 41.5 Å². The van der Waals surface area contributed by atoms with Gasteiger partial charge in [0, 0.05) is 31.8 Å². The Morgan fingerprint density at radius 2 is 1.82 bits per heavy atom. The Morgan fingerprint density at radius 1 is 1.21 bits per heavy atom. The van der Waals surface area contributed by atoms with E-state index in [4.69, 9.17) is 4.74 Å². The highest BCUT2D eigenvalue weighted by Crippen LogP contribution is 2.31. The predicted molar refractivity (Wildman–Crippen MR) is 146 cm³/mol. The van der Waals surface area contributed by atoms with E-state index in [0.29, 0.717) is 11.4 Å². The molecule has 11 heteroatoms. The van der Waals surface area contributed by atoms with Gasteiger partial charge in [0.15, 0.2) is 11.8 Å². The second-order valence-corrected chi connectivity index (χ2v) is 11.9. The zero-order chi connectivity index (χ0) is 28.8. The van der Waals surface area contributed by atoms with E-state index in [1.165, 1.54) is 12.3 Å². The highest BCUT2D eigenvalue weighted by atomic mass is 32.1. The van der Waals surface area contributed by atoms with Crippen LogP contribution in [0.2, 0.25) is 0 Å². The second-order valence-electron chi connectivity index (χ2n) is 11.1. The standard InChI is InChI=1S/C27H44N4O6S/c1-9-17(4)22(29-26(36)27(6,7)31-12-10-11-13-31)24(33)30(8)20(16(2)3)14-21(37-18(5)32)23-28-19(15-38-23)25(34)35/h15-17,20-22H,9-14H2,1-8H3,(H,29,36)(H,34,35)/t17-,20?,21+,22-/m0/s1. The van der Waals surface area contributed by atoms with Gasteiger partial charge in [-0.2, -0.15) is 0 Å². The van der Waals surface area contributed by atoms with Gasteiger partial charge < -0.3 is 20.1 Å². The van der Waals surface area contributed by atoms with Crippen molar-refractivity contribution in [3.63, 3.8) is 0 Å². The lowest BCUT2D eigenvalue weighted by Crippen LogP contribution is -2.60. The maximum absolute atomic E-state index is 13.9. The summed E-state index contributed by atoms with van der Waals surface area (Å²) >= 11 is 1.11. The van der Waals surface area contributed by atoms with Crippen LogP contribution >= 0.6 is 11.3 Å². The first-order chi connectivity index (χ1) is 17.7. The molecule has 1 aromatic heterocycles. The van der Waals surface area contributed by atoms with Crippen LogP contribution in [0.4, 0.5) is 0 Å². The summed E-state index contributed by atoms with van der Waals surface area (Å²) in [5, 5.41) is 14.1. The van der Waals surface area contributed by atoms with Crippen molar-refractivity contribution < 1.29 is 29.0 Å². The summed E-state index contributed by atoms with van der Waals surface area (Å²) in [6.07, 6.45) is 2.25. The lowest BCUT2D eigenvalue weighted by Gasteiger charge is -2.39. The number of carbonyl (C=O) groups is 4. The van der Waals surface area contributed by atoms with Crippen LogP contribution in [0.25, 0.3) is 0 Å². The van der Waals surface area contributed by atoms with Gasteiger partial charge in [-0.15, -0.1) is 11.3 Å². The number of likely N-dealkylation sites (tertiary alicyclic amines) is 1. The van der Waals surface area contributed by atoms with Gasteiger partial charge in [-0.05, 0) is 51.6 Å². The molecule has 1 aliphatic heterocycles. The van der Waals surface area contributed by atoms with Gasteiger partial charge in [0.1, 0.15) is 11.0 Å². The number of nitrogens with zero attached hydrogens (tertiary/aromatic N) is 3. The fourth-order valence-electron chi connectivity index (χ4n) is 4.83. The Kier molecular flexibility index (Phi) is 11.3. The lowest BCUT2D eigenvalue weighted by atomic mass is 9.92. The maximum Gasteiger partial charge on any atom is 0.355 e. The van der Waals surface area contributed by atoms with Crippen LogP contribution in [-0.2, 0) is 19.1 Å². The normalized spacial score (nSPS) is 17.5. The number of aromatic carboxylic acids is 1. The number of rotatable bonds is 13. The minimum atomic E-state index is -1.16. The highest BCUT2D eigenvalue weighted by Gasteiger charge is 2.40. The molecule has 214 valence electrons. The van der Waals surface area contributed by atoms with Crippen LogP contribution in [0.1, 0.15) is 95.7 Å². The molecule has 1 unspecified atom stereocenters. The molecule has 0 aromatic carbocycles. The molecule has 10 nitrogen and oxygen atoms in total. The smallest absolute Gasteiger partial charge is 0.355 e. The maximum atomic E-state index is 13.9. The first kappa shape index (κ1) is 31.7. The third-order valence-electron chi connectivity index (χ3n) is 7.61. The monoisotopic (exact) mass is 552 g/mol. The average Bonchev–Trinajstić information content (AvgIpc) is 3.56. The number of aromatic nitrogens is 1. The molecule has 0 saturated carbocycles. The van der Waals surface area contributed by atoms with Gasteiger partial charge in [0.25, 0.3) is 0 Å². The van der Waals surface area contributed by atoms with Crippen LogP contribution < -0.4 is 5.32 Å². The zero-order valence-electron chi connectivity index (χ0n) is 23.9. The number of carboxylic acid groups (broad SMARTS) is 1. The number of hydrogen-bond acceptors (Lipinski definition) is 8. The van der Waals surface area contributed by atoms with Crippen molar-refractivity contribution in [3.8, 4) is 0 Å². The molecule has 0 bridgehead atoms. The predicted octanol–water partition coefficient (Wildman–Crippen LogP) is 3.72. The van der Waals surface area contributed by atoms with E-state index >= 15 is 0 Å². The fraction of sp³-hybridized carbons (Fsp3) is 0.741. The van der Waals surface area contributed by atoms with Gasteiger partial charge in [-0.3, -0.25) is 19.3 Å². The van der Waals surface area contributed by atoms with Crippen molar-refractivity contribution in [2.24, 2.45) is 11.8 Å². The molecule has 1 fully saturated rings. The van der Waals surface area contributed by atoms with Crippen molar-refractivity contribution in [1.82, 2.24) is 20.1 Å². The highest BCUT2D eigenvalue weighted by molar-refractivity contribution is 7.09. The van der Waals surface area contributed by atoms with Crippen LogP contribution in [0.15, 0.2) is 5.38 Å². The van der Waals surface area contributed by atoms with Gasteiger partial charge >= 0.3 is 11.9 Å². The zero-order valence-corrected chi connectivity index (χ0v) is 24.8. The van der Waals surface area contributed by atoms with Crippen molar-refractivity contribution in [1.29, 1.82) is 0 Å². The van der Waals surface area contributed by atoms with Crippen molar-refractivity contribution in [3.05, 3.63) is 16.1 Å². The van der Waals surface area contributed by atoms with Crippen LogP contribution in [-0.4, -0.2) is 81.4 Å². The Morgan fingerprint density at radius 3 is 2.29 bits per heavy atom. The topological polar surface area (TPSA) is 129 Å². The number of esters is 1. The quantitative estimate of drug-likeness (QED) is 0.354. The summed E-state index contributed by atoms with van der Waals surface area (Å²) in [5.41, 5.74) is -0.848. The number of carbonyl (C=O) groups excluding carboxylic acids is 3. The minimum absolute atomic E-state index is 0.0183. The van der Waals surface area contributed by atoms with E-state index in [2.05, 4.69) is 15.2 Å². The molecule has 2 heterocycles. The molecule has 0 spiro atoms. The Hall–Kier alpha value is -2.53. The first-order valence-corrected chi connectivity index (χ1v) is 14.3. The molecule has 4 atom stereocenters. The molecule has 2 amide bonds. The largest absolute Gasteiger partial charge is 0.476 e. The molecule has 0 radical (unpaired) electrons. The van der Waals surface area contributed by atoms with Crippen molar-refractivity contribution >= 4 is 35.1 Å². The van der Waals surface area contributed by atoms with E-state index in [1.54, 1.807) is 11.9 Å². The minimum Gasteiger partial charge on any atom is -0.476 e. The number of nitrogens with one attached hydrogen (secondary N) is 1. The average molecular weight is 553 g/mol. The molecule has 1 aliphatic rings. The van der Waals surface area contributed by atoms with Gasteiger partial charge in [-0.25, -0.2) is 9.78 Å². The van der Waals surface area contributed by atoms with E-state index in [0.717, 1.165) is 37.3 Å². The molecule has 0 aliphatic carbocycles. The molecule has 1 aromatic rings. The third kappa shape index (κ3) is 7.75. The molecular formula is C27H44N4O6S. The van der Waals surface area contributed by atoms with Crippen molar-refractivity contribution in [2.75, 3.05) is 20.1 Å². The summed E-state index contributed by atoms with van der Waals surface area (Å²) in [5.74, 6) is -2.18. The number of likely N-dealkylation sites (N-methyl/N-ethyl adjacent to an activating group) is 1. The third-order valence-corrected chi connectivity index (χ3v) is 8.55.